The van der Waals surface area contributed by atoms with Crippen molar-refractivity contribution in [2.75, 3.05) is 31.2 Å². The zero-order valence-corrected chi connectivity index (χ0v) is 11.5. The fourth-order valence-electron chi connectivity index (χ4n) is 2.85. The van der Waals surface area contributed by atoms with Crippen LogP contribution in [0.1, 0.15) is 6.42 Å². The van der Waals surface area contributed by atoms with Gasteiger partial charge in [0.05, 0.1) is 12.6 Å². The average Bonchev–Trinajstić information content (AvgIpc) is 2.80. The largest absolute Gasteiger partial charge is 0.342 e. The Morgan fingerprint density at radius 2 is 1.86 bits per heavy atom. The molecule has 0 radical (unpaired) electrons. The summed E-state index contributed by atoms with van der Waals surface area (Å²) in [6, 6.07) is 5.64. The van der Waals surface area contributed by atoms with Crippen LogP contribution < -0.4 is 4.90 Å². The molecule has 0 bridgehead atoms. The Morgan fingerprint density at radius 1 is 1.19 bits per heavy atom. The number of benzene rings is 1. The molecular formula is C15H16F2N2O2. The summed E-state index contributed by atoms with van der Waals surface area (Å²) >= 11 is 0. The summed E-state index contributed by atoms with van der Waals surface area (Å²) in [5, 5.41) is 0. The third-order valence-corrected chi connectivity index (χ3v) is 4.10. The molecule has 2 amide bonds. The second kappa shape index (κ2) is 5.42. The summed E-state index contributed by atoms with van der Waals surface area (Å²) in [7, 11) is 0. The van der Waals surface area contributed by atoms with Gasteiger partial charge in [0.25, 0.3) is 0 Å². The van der Waals surface area contributed by atoms with Crippen molar-refractivity contribution in [1.82, 2.24) is 4.90 Å². The Bertz CT molecular complexity index is 555. The quantitative estimate of drug-likeness (QED) is 0.850. The predicted octanol–water partition coefficient (Wildman–Crippen LogP) is 1.61. The Morgan fingerprint density at radius 3 is 2.48 bits per heavy atom. The van der Waals surface area contributed by atoms with Crippen LogP contribution in [-0.2, 0) is 9.59 Å². The minimum Gasteiger partial charge on any atom is -0.342 e. The van der Waals surface area contributed by atoms with E-state index in [1.165, 1.54) is 29.2 Å². The third-order valence-electron chi connectivity index (χ3n) is 4.10. The van der Waals surface area contributed by atoms with Crippen molar-refractivity contribution >= 4 is 17.5 Å². The van der Waals surface area contributed by atoms with Crippen LogP contribution >= 0.6 is 0 Å². The van der Waals surface area contributed by atoms with Crippen LogP contribution in [-0.4, -0.2) is 43.0 Å². The monoisotopic (exact) mass is 294 g/mol. The molecule has 2 heterocycles. The first kappa shape index (κ1) is 14.0. The van der Waals surface area contributed by atoms with Crippen molar-refractivity contribution in [2.24, 2.45) is 11.8 Å². The van der Waals surface area contributed by atoms with Crippen LogP contribution in [0, 0.1) is 17.7 Å². The van der Waals surface area contributed by atoms with Gasteiger partial charge < -0.3 is 9.80 Å². The molecule has 21 heavy (non-hydrogen) atoms. The Balaban J connectivity index is 1.64. The second-order valence-corrected chi connectivity index (χ2v) is 5.65. The fraction of sp³-hybridized carbons (Fsp3) is 0.467. The number of anilines is 1. The van der Waals surface area contributed by atoms with Gasteiger partial charge in [-0.05, 0) is 24.3 Å². The SMILES string of the molecule is O=C([C@H]1CC(=O)N(c2ccc(F)cc2)C1)N1CC(CF)C1. The van der Waals surface area contributed by atoms with Crippen molar-refractivity contribution in [3.8, 4) is 0 Å². The number of rotatable bonds is 3. The molecule has 0 aliphatic carbocycles. The molecule has 0 saturated carbocycles. The summed E-state index contributed by atoms with van der Waals surface area (Å²) in [5.74, 6) is -1.03. The average molecular weight is 294 g/mol. The molecule has 3 rings (SSSR count). The van der Waals surface area contributed by atoms with E-state index in [2.05, 4.69) is 0 Å². The minimum absolute atomic E-state index is 0.0562. The lowest BCUT2D eigenvalue weighted by atomic mass is 9.98. The third kappa shape index (κ3) is 2.62. The van der Waals surface area contributed by atoms with E-state index >= 15 is 0 Å². The van der Waals surface area contributed by atoms with Gasteiger partial charge >= 0.3 is 0 Å². The molecule has 2 aliphatic rings. The van der Waals surface area contributed by atoms with Crippen molar-refractivity contribution in [3.63, 3.8) is 0 Å². The van der Waals surface area contributed by atoms with E-state index in [-0.39, 0.29) is 35.9 Å². The highest BCUT2D eigenvalue weighted by molar-refractivity contribution is 6.00. The number of amides is 2. The van der Waals surface area contributed by atoms with Gasteiger partial charge in [0.15, 0.2) is 0 Å². The molecule has 6 heteroatoms. The molecule has 1 atom stereocenters. The minimum atomic E-state index is -0.408. The predicted molar refractivity (Wildman–Crippen MR) is 72.9 cm³/mol. The van der Waals surface area contributed by atoms with Gasteiger partial charge in [-0.1, -0.05) is 0 Å². The number of nitrogens with zero attached hydrogens (tertiary/aromatic N) is 2. The summed E-state index contributed by atoms with van der Waals surface area (Å²) in [5.41, 5.74) is 0.599. The maximum absolute atomic E-state index is 12.9. The van der Waals surface area contributed by atoms with Crippen LogP contribution in [0.4, 0.5) is 14.5 Å². The van der Waals surface area contributed by atoms with Crippen molar-refractivity contribution in [3.05, 3.63) is 30.1 Å². The van der Waals surface area contributed by atoms with Crippen LogP contribution in [0.15, 0.2) is 24.3 Å². The lowest BCUT2D eigenvalue weighted by Gasteiger charge is -2.39. The number of carbonyl (C=O) groups excluding carboxylic acids is 2. The van der Waals surface area contributed by atoms with E-state index in [0.29, 0.717) is 25.3 Å². The number of hydrogen-bond donors (Lipinski definition) is 0. The van der Waals surface area contributed by atoms with Crippen LogP contribution in [0.25, 0.3) is 0 Å². The number of alkyl halides is 1. The van der Waals surface area contributed by atoms with Gasteiger partial charge in [-0.2, -0.15) is 0 Å². The smallest absolute Gasteiger partial charge is 0.228 e. The molecule has 0 unspecified atom stereocenters. The molecule has 4 nitrogen and oxygen atoms in total. The van der Waals surface area contributed by atoms with Gasteiger partial charge in [-0.15, -0.1) is 0 Å². The summed E-state index contributed by atoms with van der Waals surface area (Å²) in [4.78, 5) is 27.4. The molecule has 1 aromatic carbocycles. The van der Waals surface area contributed by atoms with E-state index in [0.717, 1.165) is 0 Å². The van der Waals surface area contributed by atoms with Gasteiger partial charge in [-0.25, -0.2) is 4.39 Å². The first-order chi connectivity index (χ1) is 10.1. The maximum Gasteiger partial charge on any atom is 0.228 e. The van der Waals surface area contributed by atoms with Crippen molar-refractivity contribution in [1.29, 1.82) is 0 Å². The van der Waals surface area contributed by atoms with Crippen molar-refractivity contribution < 1.29 is 18.4 Å². The molecule has 0 N–H and O–H groups in total. The van der Waals surface area contributed by atoms with E-state index in [4.69, 9.17) is 0 Å². The molecule has 1 aromatic rings. The maximum atomic E-state index is 12.9. The number of likely N-dealkylation sites (tertiary alicyclic amines) is 1. The van der Waals surface area contributed by atoms with Crippen LogP contribution in [0.3, 0.4) is 0 Å². The molecular weight excluding hydrogens is 278 g/mol. The van der Waals surface area contributed by atoms with Crippen molar-refractivity contribution in [2.45, 2.75) is 6.42 Å². The molecule has 2 saturated heterocycles. The van der Waals surface area contributed by atoms with Gasteiger partial charge in [0.1, 0.15) is 5.82 Å². The zero-order chi connectivity index (χ0) is 15.0. The van der Waals surface area contributed by atoms with Crippen LogP contribution in [0.2, 0.25) is 0 Å². The molecule has 2 fully saturated rings. The Hall–Kier alpha value is -1.98. The molecule has 0 spiro atoms. The standard InChI is InChI=1S/C15H16F2N2O2/c16-6-10-7-18(8-10)15(21)11-5-14(20)19(9-11)13-3-1-12(17)2-4-13/h1-4,10-11H,5-9H2/t11-/m0/s1. The fourth-order valence-corrected chi connectivity index (χ4v) is 2.85. The van der Waals surface area contributed by atoms with E-state index < -0.39 is 6.67 Å². The van der Waals surface area contributed by atoms with Gasteiger partial charge in [-0.3, -0.25) is 14.0 Å². The molecule has 0 aromatic heterocycles. The molecule has 2 aliphatic heterocycles. The lowest BCUT2D eigenvalue weighted by molar-refractivity contribution is -0.142. The zero-order valence-electron chi connectivity index (χ0n) is 11.5. The first-order valence-electron chi connectivity index (χ1n) is 6.99. The van der Waals surface area contributed by atoms with Crippen LogP contribution in [0.5, 0.6) is 0 Å². The summed E-state index contributed by atoms with van der Waals surface area (Å²) < 4.78 is 25.3. The number of carbonyl (C=O) groups is 2. The lowest BCUT2D eigenvalue weighted by Crippen LogP contribution is -2.53. The topological polar surface area (TPSA) is 40.6 Å². The van der Waals surface area contributed by atoms with E-state index in [9.17, 15) is 18.4 Å². The highest BCUT2D eigenvalue weighted by Crippen LogP contribution is 2.28. The summed E-state index contributed by atoms with van der Waals surface area (Å²) in [6.07, 6.45) is 0.160. The van der Waals surface area contributed by atoms with E-state index in [1.54, 1.807) is 4.90 Å². The molecule has 112 valence electrons. The van der Waals surface area contributed by atoms with Gasteiger partial charge in [0.2, 0.25) is 11.8 Å². The Labute approximate surface area is 121 Å². The second-order valence-electron chi connectivity index (χ2n) is 5.65. The summed E-state index contributed by atoms with van der Waals surface area (Å²) in [6.45, 7) is 0.780. The number of hydrogen-bond acceptors (Lipinski definition) is 2. The van der Waals surface area contributed by atoms with E-state index in [1.807, 2.05) is 0 Å². The van der Waals surface area contributed by atoms with Gasteiger partial charge in [0, 0.05) is 37.7 Å². The first-order valence-corrected chi connectivity index (χ1v) is 6.99. The Kier molecular flexibility index (Phi) is 3.61. The highest BCUT2D eigenvalue weighted by atomic mass is 19.1. The normalized spacial score (nSPS) is 22.6. The number of halogens is 2. The highest BCUT2D eigenvalue weighted by Gasteiger charge is 2.40.